The molecule has 0 aromatic rings. The monoisotopic (exact) mass is 263 g/mol. The van der Waals surface area contributed by atoms with Gasteiger partial charge in [0.1, 0.15) is 4.90 Å². The van der Waals surface area contributed by atoms with Crippen LogP contribution in [-0.4, -0.2) is 30.3 Å². The molecular formula is C12H12AlO3S. The van der Waals surface area contributed by atoms with E-state index < -0.39 is 10.1 Å². The second-order valence-corrected chi connectivity index (χ2v) is 4.99. The fourth-order valence-electron chi connectivity index (χ4n) is 1.86. The summed E-state index contributed by atoms with van der Waals surface area (Å²) >= 11 is 0. The van der Waals surface area contributed by atoms with E-state index >= 15 is 0 Å². The van der Waals surface area contributed by atoms with Gasteiger partial charge in [-0.25, -0.2) is 0 Å². The van der Waals surface area contributed by atoms with Crippen molar-refractivity contribution >= 4 is 27.5 Å². The summed E-state index contributed by atoms with van der Waals surface area (Å²) < 4.78 is 31.6. The number of aryl methyl sites for hydroxylation is 1. The number of hydrogen-bond acceptors (Lipinski definition) is 2. The topological polar surface area (TPSA) is 54.4 Å². The molecule has 3 radical (unpaired) electrons. The molecular weight excluding hydrogens is 251 g/mol. The van der Waals surface area contributed by atoms with Gasteiger partial charge in [0.15, 0.2) is 0 Å². The zero-order valence-electron chi connectivity index (χ0n) is 9.42. The highest BCUT2D eigenvalue weighted by molar-refractivity contribution is 7.86. The maximum atomic E-state index is 11.2. The van der Waals surface area contributed by atoms with Crippen molar-refractivity contribution in [1.82, 2.24) is 0 Å². The molecule has 0 aliphatic heterocycles. The van der Waals surface area contributed by atoms with Crippen molar-refractivity contribution < 1.29 is 13.0 Å². The predicted molar refractivity (Wildman–Crippen MR) is 68.0 cm³/mol. The van der Waals surface area contributed by atoms with Crippen molar-refractivity contribution in [2.24, 2.45) is 0 Å². The molecule has 2 aliphatic carbocycles. The molecule has 0 amide bonds. The van der Waals surface area contributed by atoms with Crippen LogP contribution in [-0.2, 0) is 16.5 Å². The van der Waals surface area contributed by atoms with Crippen LogP contribution in [0.25, 0.3) is 11.1 Å². The lowest BCUT2D eigenvalue weighted by molar-refractivity contribution is 0.484. The summed E-state index contributed by atoms with van der Waals surface area (Å²) in [6.45, 7) is 1.95. The fraction of sp³-hybridized carbons (Fsp3) is 0.167. The number of fused-ring (bicyclic) bond motifs is 1. The second kappa shape index (κ2) is 5.20. The third kappa shape index (κ3) is 2.70. The van der Waals surface area contributed by atoms with Crippen LogP contribution in [0, 0.1) is 0 Å². The second-order valence-electron chi connectivity index (χ2n) is 3.60. The molecule has 0 saturated heterocycles. The Kier molecular flexibility index (Phi) is 4.34. The van der Waals surface area contributed by atoms with Crippen molar-refractivity contribution in [1.29, 1.82) is 0 Å². The van der Waals surface area contributed by atoms with Gasteiger partial charge in [0, 0.05) is 22.9 Å². The molecule has 5 heteroatoms. The zero-order valence-corrected chi connectivity index (χ0v) is 11.4. The average Bonchev–Trinajstić information content (AvgIpc) is 2.41. The fourth-order valence-corrected chi connectivity index (χ4v) is 2.61. The van der Waals surface area contributed by atoms with Crippen LogP contribution in [0.1, 0.15) is 12.5 Å². The van der Waals surface area contributed by atoms with Gasteiger partial charge in [0.05, 0.1) is 0 Å². The Morgan fingerprint density at radius 1 is 1.12 bits per heavy atom. The van der Waals surface area contributed by atoms with Gasteiger partial charge in [0.25, 0.3) is 10.1 Å². The highest BCUT2D eigenvalue weighted by atomic mass is 32.2. The minimum Gasteiger partial charge on any atom is -0.282 e. The molecule has 87 valence electrons. The summed E-state index contributed by atoms with van der Waals surface area (Å²) in [5.41, 5.74) is 2.38. The summed E-state index contributed by atoms with van der Waals surface area (Å²) in [6.07, 6.45) is 0.732. The Bertz CT molecular complexity index is 593. The Hall–Kier alpha value is -0.858. The molecule has 2 aliphatic rings. The van der Waals surface area contributed by atoms with Crippen molar-refractivity contribution in [3.05, 3.63) is 42.0 Å². The minimum absolute atomic E-state index is 0. The lowest BCUT2D eigenvalue weighted by Crippen LogP contribution is -1.96. The Morgan fingerprint density at radius 2 is 1.71 bits per heavy atom. The molecule has 0 spiro atoms. The molecule has 0 saturated carbocycles. The molecule has 0 unspecified atom stereocenters. The number of rotatable bonds is 2. The van der Waals surface area contributed by atoms with Crippen LogP contribution < -0.4 is 0 Å². The third-order valence-corrected chi connectivity index (χ3v) is 3.51. The van der Waals surface area contributed by atoms with Crippen LogP contribution in [0.4, 0.5) is 0 Å². The first kappa shape index (κ1) is 14.2. The van der Waals surface area contributed by atoms with Crippen LogP contribution in [0.15, 0.2) is 41.3 Å². The molecule has 0 aromatic heterocycles. The molecule has 1 N–H and O–H groups in total. The SMILES string of the molecule is CCc1cc(S(=O)(=O)O)c2cccccc1-2.[Al]. The molecule has 3 nitrogen and oxygen atoms in total. The van der Waals surface area contributed by atoms with Crippen LogP contribution >= 0.6 is 0 Å². The van der Waals surface area contributed by atoms with Crippen molar-refractivity contribution in [3.8, 4) is 11.1 Å². The molecule has 0 bridgehead atoms. The van der Waals surface area contributed by atoms with E-state index in [0.717, 1.165) is 17.5 Å². The van der Waals surface area contributed by atoms with E-state index in [9.17, 15) is 8.42 Å². The number of hydrogen-bond donors (Lipinski definition) is 1. The van der Waals surface area contributed by atoms with Gasteiger partial charge in [-0.2, -0.15) is 8.42 Å². The molecule has 0 atom stereocenters. The van der Waals surface area contributed by atoms with E-state index in [0.29, 0.717) is 5.56 Å². The van der Waals surface area contributed by atoms with Crippen molar-refractivity contribution in [2.45, 2.75) is 18.2 Å². The maximum Gasteiger partial charge on any atom is 0.295 e. The van der Waals surface area contributed by atoms with Crippen LogP contribution in [0.2, 0.25) is 0 Å². The van der Waals surface area contributed by atoms with Gasteiger partial charge in [-0.05, 0) is 23.6 Å². The molecule has 0 fully saturated rings. The summed E-state index contributed by atoms with van der Waals surface area (Å²) in [5, 5.41) is 0. The minimum atomic E-state index is -4.15. The average molecular weight is 263 g/mol. The van der Waals surface area contributed by atoms with Gasteiger partial charge in [-0.15, -0.1) is 0 Å². The van der Waals surface area contributed by atoms with E-state index in [4.69, 9.17) is 4.55 Å². The van der Waals surface area contributed by atoms with E-state index in [1.165, 1.54) is 0 Å². The lowest BCUT2D eigenvalue weighted by Gasteiger charge is -1.98. The predicted octanol–water partition coefficient (Wildman–Crippen LogP) is 2.22. The van der Waals surface area contributed by atoms with Crippen LogP contribution in [0.5, 0.6) is 0 Å². The molecule has 0 aromatic carbocycles. The van der Waals surface area contributed by atoms with E-state index in [2.05, 4.69) is 0 Å². The highest BCUT2D eigenvalue weighted by Crippen LogP contribution is 2.34. The molecule has 17 heavy (non-hydrogen) atoms. The van der Waals surface area contributed by atoms with Crippen LogP contribution in [0.3, 0.4) is 0 Å². The van der Waals surface area contributed by atoms with Gasteiger partial charge in [-0.3, -0.25) is 4.55 Å². The van der Waals surface area contributed by atoms with E-state index in [-0.39, 0.29) is 22.3 Å². The Labute approximate surface area is 112 Å². The maximum absolute atomic E-state index is 11.2. The molecule has 0 heterocycles. The van der Waals surface area contributed by atoms with Gasteiger partial charge in [-0.1, -0.05) is 37.3 Å². The summed E-state index contributed by atoms with van der Waals surface area (Å²) in [4.78, 5) is -0.00412. The van der Waals surface area contributed by atoms with E-state index in [1.54, 1.807) is 18.2 Å². The third-order valence-electron chi connectivity index (χ3n) is 2.61. The first-order valence-corrected chi connectivity index (χ1v) is 6.46. The normalized spacial score (nSPS) is 11.2. The molecule has 2 rings (SSSR count). The summed E-state index contributed by atoms with van der Waals surface area (Å²) in [6, 6.07) is 10.6. The largest absolute Gasteiger partial charge is 0.295 e. The standard InChI is InChI=1S/C12H12O3S.Al/c1-2-9-8-12(16(13,14)15)11-7-5-3-4-6-10(9)11;/h3-8H,2H2,1H3,(H,13,14,15);. The highest BCUT2D eigenvalue weighted by Gasteiger charge is 2.21. The summed E-state index contributed by atoms with van der Waals surface area (Å²) in [7, 11) is -4.15. The van der Waals surface area contributed by atoms with E-state index in [1.807, 2.05) is 25.1 Å². The smallest absolute Gasteiger partial charge is 0.282 e. The van der Waals surface area contributed by atoms with Gasteiger partial charge >= 0.3 is 0 Å². The van der Waals surface area contributed by atoms with Crippen molar-refractivity contribution in [3.63, 3.8) is 0 Å². The summed E-state index contributed by atoms with van der Waals surface area (Å²) in [5.74, 6) is 0. The first-order chi connectivity index (χ1) is 7.54. The zero-order chi connectivity index (χ0) is 11.8. The van der Waals surface area contributed by atoms with Gasteiger partial charge < -0.3 is 0 Å². The quantitative estimate of drug-likeness (QED) is 0.667. The first-order valence-electron chi connectivity index (χ1n) is 5.02. The van der Waals surface area contributed by atoms with Crippen molar-refractivity contribution in [2.75, 3.05) is 0 Å². The Balaban J connectivity index is 0.00000144. The Morgan fingerprint density at radius 3 is 2.24 bits per heavy atom. The van der Waals surface area contributed by atoms with Gasteiger partial charge in [0.2, 0.25) is 0 Å². The lowest BCUT2D eigenvalue weighted by atomic mass is 10.1.